The molecule has 0 spiro atoms. The number of hydrogen-bond acceptors (Lipinski definition) is 7. The van der Waals surface area contributed by atoms with Crippen LogP contribution in [0.4, 0.5) is 0 Å². The fourth-order valence-corrected chi connectivity index (χ4v) is 3.99. The highest BCUT2D eigenvalue weighted by atomic mass is 35.5. The first kappa shape index (κ1) is 24.3. The van der Waals surface area contributed by atoms with Crippen molar-refractivity contribution >= 4 is 52.9 Å². The zero-order valence-corrected chi connectivity index (χ0v) is 20.5. The van der Waals surface area contributed by atoms with E-state index in [1.54, 1.807) is 44.9 Å². The summed E-state index contributed by atoms with van der Waals surface area (Å²) in [6.07, 6.45) is 4.96. The van der Waals surface area contributed by atoms with E-state index in [0.717, 1.165) is 28.2 Å². The average Bonchev–Trinajstić information content (AvgIpc) is 3.18. The van der Waals surface area contributed by atoms with E-state index in [4.69, 9.17) is 21.1 Å². The van der Waals surface area contributed by atoms with Gasteiger partial charge in [0.1, 0.15) is 11.5 Å². The average molecular weight is 505 g/mol. The van der Waals surface area contributed by atoms with Crippen LogP contribution in [-0.4, -0.2) is 42.7 Å². The first-order valence-corrected chi connectivity index (χ1v) is 11.7. The first-order valence-electron chi connectivity index (χ1n) is 10.5. The Labute approximate surface area is 212 Å². The van der Waals surface area contributed by atoms with E-state index in [9.17, 15) is 4.79 Å². The molecule has 0 aliphatic carbocycles. The van der Waals surface area contributed by atoms with Gasteiger partial charge < -0.3 is 9.47 Å². The Morgan fingerprint density at radius 1 is 0.800 bits per heavy atom. The quantitative estimate of drug-likeness (QED) is 0.235. The standard InChI is InChI=1S/C26H21ClN4O3S/c1-33-22-11-5-19(6-12-22)16-28-30-26-31(29-17-20-7-13-23(34-2)14-8-20)25(32)24(35-26)15-18-3-9-21(27)10-4-18/h3-17H,1-2H3/b24-15+,28-16+,29-17+,30-26+. The lowest BCUT2D eigenvalue weighted by molar-refractivity contribution is -0.122. The number of rotatable bonds is 7. The molecule has 3 aromatic rings. The van der Waals surface area contributed by atoms with Gasteiger partial charge in [0.05, 0.1) is 31.6 Å². The van der Waals surface area contributed by atoms with Gasteiger partial charge in [0.15, 0.2) is 0 Å². The second-order valence-corrected chi connectivity index (χ2v) is 8.64. The maximum atomic E-state index is 13.1. The van der Waals surface area contributed by atoms with E-state index >= 15 is 0 Å². The summed E-state index contributed by atoms with van der Waals surface area (Å²) in [5.41, 5.74) is 2.49. The van der Waals surface area contributed by atoms with Crippen molar-refractivity contribution in [2.24, 2.45) is 15.3 Å². The molecule has 0 radical (unpaired) electrons. The van der Waals surface area contributed by atoms with Crippen LogP contribution in [0.2, 0.25) is 5.02 Å². The van der Waals surface area contributed by atoms with Crippen LogP contribution in [0.3, 0.4) is 0 Å². The molecule has 176 valence electrons. The number of amidine groups is 1. The second kappa shape index (κ2) is 11.5. The second-order valence-electron chi connectivity index (χ2n) is 7.20. The highest BCUT2D eigenvalue weighted by Crippen LogP contribution is 2.33. The van der Waals surface area contributed by atoms with Crippen molar-refractivity contribution in [1.82, 2.24) is 5.01 Å². The lowest BCUT2D eigenvalue weighted by Crippen LogP contribution is -2.23. The largest absolute Gasteiger partial charge is 0.497 e. The normalized spacial score (nSPS) is 16.2. The van der Waals surface area contributed by atoms with Gasteiger partial charge in [0, 0.05) is 5.02 Å². The van der Waals surface area contributed by atoms with Gasteiger partial charge in [-0.15, -0.1) is 5.10 Å². The van der Waals surface area contributed by atoms with E-state index < -0.39 is 0 Å². The number of hydrogen-bond donors (Lipinski definition) is 0. The van der Waals surface area contributed by atoms with Crippen LogP contribution in [0.15, 0.2) is 93.0 Å². The van der Waals surface area contributed by atoms with Gasteiger partial charge in [-0.1, -0.05) is 23.7 Å². The number of methoxy groups -OCH3 is 2. The zero-order valence-electron chi connectivity index (χ0n) is 19.0. The van der Waals surface area contributed by atoms with Gasteiger partial charge in [-0.25, -0.2) is 0 Å². The summed E-state index contributed by atoms with van der Waals surface area (Å²) in [6.45, 7) is 0. The smallest absolute Gasteiger partial charge is 0.287 e. The molecular weight excluding hydrogens is 484 g/mol. The number of amides is 1. The van der Waals surface area contributed by atoms with Crippen molar-refractivity contribution in [2.75, 3.05) is 14.2 Å². The van der Waals surface area contributed by atoms with Crippen LogP contribution in [-0.2, 0) is 4.79 Å². The van der Waals surface area contributed by atoms with Crippen LogP contribution < -0.4 is 9.47 Å². The Hall–Kier alpha value is -3.88. The Bertz CT molecular complexity index is 1300. The van der Waals surface area contributed by atoms with E-state index in [1.165, 1.54) is 16.8 Å². The van der Waals surface area contributed by atoms with Gasteiger partial charge in [0.25, 0.3) is 5.91 Å². The van der Waals surface area contributed by atoms with Crippen LogP contribution in [0, 0.1) is 0 Å². The molecule has 0 saturated carbocycles. The van der Waals surface area contributed by atoms with Crippen LogP contribution in [0.1, 0.15) is 16.7 Å². The molecule has 0 unspecified atom stereocenters. The molecule has 0 aromatic heterocycles. The molecule has 1 aliphatic rings. The third-order valence-electron chi connectivity index (χ3n) is 4.86. The molecule has 0 atom stereocenters. The zero-order chi connectivity index (χ0) is 24.6. The fourth-order valence-electron chi connectivity index (χ4n) is 2.99. The van der Waals surface area contributed by atoms with E-state index in [2.05, 4.69) is 15.3 Å². The van der Waals surface area contributed by atoms with Gasteiger partial charge in [0.2, 0.25) is 5.17 Å². The minimum Gasteiger partial charge on any atom is -0.497 e. The molecule has 1 heterocycles. The van der Waals surface area contributed by atoms with E-state index in [0.29, 0.717) is 15.1 Å². The Balaban J connectivity index is 1.60. The maximum Gasteiger partial charge on any atom is 0.287 e. The van der Waals surface area contributed by atoms with Crippen molar-refractivity contribution < 1.29 is 14.3 Å². The van der Waals surface area contributed by atoms with Crippen molar-refractivity contribution in [2.45, 2.75) is 0 Å². The summed E-state index contributed by atoms with van der Waals surface area (Å²) in [7, 11) is 3.21. The SMILES string of the molecule is COc1ccc(/C=N/N=C2/S/C(=C/c3ccc(Cl)cc3)C(=O)N2/N=C/c2ccc(OC)cc2)cc1. The van der Waals surface area contributed by atoms with E-state index in [1.807, 2.05) is 60.7 Å². The van der Waals surface area contributed by atoms with Gasteiger partial charge >= 0.3 is 0 Å². The lowest BCUT2D eigenvalue weighted by Gasteiger charge is -2.07. The van der Waals surface area contributed by atoms with Gasteiger partial charge in [-0.2, -0.15) is 15.2 Å². The summed E-state index contributed by atoms with van der Waals surface area (Å²) in [5.74, 6) is 1.19. The van der Waals surface area contributed by atoms with Crippen molar-refractivity contribution in [3.8, 4) is 11.5 Å². The fraction of sp³-hybridized carbons (Fsp3) is 0.0769. The predicted octanol–water partition coefficient (Wildman–Crippen LogP) is 5.70. The molecule has 1 amide bonds. The number of ether oxygens (including phenoxy) is 2. The summed E-state index contributed by atoms with van der Waals surface area (Å²) < 4.78 is 10.4. The van der Waals surface area contributed by atoms with E-state index in [-0.39, 0.29) is 5.91 Å². The van der Waals surface area contributed by atoms with Crippen LogP contribution >= 0.6 is 23.4 Å². The number of carbonyl (C=O) groups is 1. The van der Waals surface area contributed by atoms with Crippen LogP contribution in [0.25, 0.3) is 6.08 Å². The number of halogens is 1. The lowest BCUT2D eigenvalue weighted by atomic mass is 10.2. The number of hydrazone groups is 1. The van der Waals surface area contributed by atoms with Crippen molar-refractivity contribution in [1.29, 1.82) is 0 Å². The minimum atomic E-state index is -0.298. The number of benzene rings is 3. The van der Waals surface area contributed by atoms with Crippen molar-refractivity contribution in [3.05, 3.63) is 99.4 Å². The van der Waals surface area contributed by atoms with Crippen molar-refractivity contribution in [3.63, 3.8) is 0 Å². The topological polar surface area (TPSA) is 75.9 Å². The molecule has 0 bridgehead atoms. The summed E-state index contributed by atoms with van der Waals surface area (Å²) >= 11 is 7.17. The minimum absolute atomic E-state index is 0.298. The molecule has 0 N–H and O–H groups in total. The molecule has 1 fully saturated rings. The maximum absolute atomic E-state index is 13.1. The number of nitrogens with zero attached hydrogens (tertiary/aromatic N) is 4. The molecule has 1 aliphatic heterocycles. The molecule has 3 aromatic carbocycles. The first-order chi connectivity index (χ1) is 17.1. The number of thioether (sulfide) groups is 1. The van der Waals surface area contributed by atoms with Crippen LogP contribution in [0.5, 0.6) is 11.5 Å². The Kier molecular flexibility index (Phi) is 7.97. The molecule has 9 heteroatoms. The molecule has 35 heavy (non-hydrogen) atoms. The van der Waals surface area contributed by atoms with Gasteiger partial charge in [-0.05, 0) is 95.2 Å². The molecular formula is C26H21ClN4O3S. The summed E-state index contributed by atoms with van der Waals surface area (Å²) in [4.78, 5) is 13.6. The Morgan fingerprint density at radius 3 is 1.91 bits per heavy atom. The summed E-state index contributed by atoms with van der Waals surface area (Å²) in [6, 6.07) is 21.9. The predicted molar refractivity (Wildman–Crippen MR) is 142 cm³/mol. The third kappa shape index (κ3) is 6.38. The Morgan fingerprint density at radius 2 is 1.34 bits per heavy atom. The highest BCUT2D eigenvalue weighted by Gasteiger charge is 2.33. The molecule has 7 nitrogen and oxygen atoms in total. The monoisotopic (exact) mass is 504 g/mol. The highest BCUT2D eigenvalue weighted by molar-refractivity contribution is 8.18. The van der Waals surface area contributed by atoms with Gasteiger partial charge in [-0.3, -0.25) is 4.79 Å². The molecule has 4 rings (SSSR count). The number of carbonyl (C=O) groups excluding carboxylic acids is 1. The molecule has 1 saturated heterocycles. The summed E-state index contributed by atoms with van der Waals surface area (Å²) in [5, 5.41) is 15.0. The third-order valence-corrected chi connectivity index (χ3v) is 6.06.